The van der Waals surface area contributed by atoms with E-state index in [1.165, 1.54) is 78.0 Å². The summed E-state index contributed by atoms with van der Waals surface area (Å²) in [5.41, 5.74) is 17.7. The molecule has 0 atom stereocenters. The molecule has 2 heterocycles. The van der Waals surface area contributed by atoms with Crippen molar-refractivity contribution in [2.24, 2.45) is 0 Å². The molecule has 0 amide bonds. The van der Waals surface area contributed by atoms with Gasteiger partial charge in [-0.25, -0.2) is 0 Å². The monoisotopic (exact) mass is 753 g/mol. The van der Waals surface area contributed by atoms with Gasteiger partial charge >= 0.3 is 0 Å². The van der Waals surface area contributed by atoms with E-state index in [0.29, 0.717) is 0 Å². The second-order valence-corrected chi connectivity index (χ2v) is 18.6. The average Bonchev–Trinajstić information content (AvgIpc) is 3.90. The minimum Gasteiger partial charge on any atom is -0.361 e. The highest BCUT2D eigenvalue weighted by Gasteiger charge is 2.50. The molecule has 6 aromatic carbocycles. The van der Waals surface area contributed by atoms with Gasteiger partial charge in [0.2, 0.25) is 0 Å². The van der Waals surface area contributed by atoms with Gasteiger partial charge in [0.1, 0.15) is 0 Å². The minimum absolute atomic E-state index is 0.00254. The summed E-state index contributed by atoms with van der Waals surface area (Å²) in [7, 11) is 2.13. The average molecular weight is 754 g/mol. The van der Waals surface area contributed by atoms with E-state index in [0.717, 1.165) is 12.4 Å². The number of aromatic nitrogens is 1. The summed E-state index contributed by atoms with van der Waals surface area (Å²) < 4.78 is 0. The van der Waals surface area contributed by atoms with Crippen LogP contribution < -0.4 is 4.90 Å². The molecule has 0 saturated carbocycles. The fourth-order valence-corrected chi connectivity index (χ4v) is 10.2. The van der Waals surface area contributed by atoms with E-state index >= 15 is 0 Å². The standard InChI is InChI=1S/C55H51N3/c1-52(2,3)37-25-27-49-45(34-37)46-35-38(53(4,5)6)26-28-50(46)55(49,51-24-12-13-29-56-51)40-17-14-16-39(32-40)54(41-18-15-19-42(33-41)58-31-30-57(7)36-58)47-22-10-8-20-43(47)44-21-9-11-23-48(44)54/h8-35H,36H2,1-7H3. The van der Waals surface area contributed by atoms with Gasteiger partial charge in [0.25, 0.3) is 0 Å². The van der Waals surface area contributed by atoms with Crippen LogP contribution in [-0.2, 0) is 21.7 Å². The lowest BCUT2D eigenvalue weighted by Crippen LogP contribution is -2.32. The molecular formula is C55H51N3. The number of benzene rings is 6. The molecule has 3 heteroatoms. The molecule has 2 aliphatic carbocycles. The normalized spacial score (nSPS) is 15.9. The molecule has 0 radical (unpaired) electrons. The number of rotatable bonds is 5. The number of anilines is 1. The van der Waals surface area contributed by atoms with E-state index < -0.39 is 10.8 Å². The van der Waals surface area contributed by atoms with Crippen LogP contribution in [0, 0.1) is 0 Å². The van der Waals surface area contributed by atoms with Crippen molar-refractivity contribution in [2.75, 3.05) is 18.6 Å². The molecule has 10 rings (SSSR count). The molecule has 58 heavy (non-hydrogen) atoms. The van der Waals surface area contributed by atoms with Gasteiger partial charge in [-0.2, -0.15) is 0 Å². The van der Waals surface area contributed by atoms with Crippen LogP contribution in [0.2, 0.25) is 0 Å². The predicted molar refractivity (Wildman–Crippen MR) is 240 cm³/mol. The summed E-state index contributed by atoms with van der Waals surface area (Å²) >= 11 is 0. The highest BCUT2D eigenvalue weighted by atomic mass is 15.3. The van der Waals surface area contributed by atoms with Crippen LogP contribution in [0.4, 0.5) is 5.69 Å². The Morgan fingerprint density at radius 2 is 0.983 bits per heavy atom. The van der Waals surface area contributed by atoms with E-state index in [-0.39, 0.29) is 10.8 Å². The first kappa shape index (κ1) is 36.2. The van der Waals surface area contributed by atoms with Crippen LogP contribution in [0.15, 0.2) is 170 Å². The van der Waals surface area contributed by atoms with E-state index in [1.54, 1.807) is 0 Å². The summed E-state index contributed by atoms with van der Waals surface area (Å²) in [6.07, 6.45) is 6.30. The van der Waals surface area contributed by atoms with Gasteiger partial charge in [0, 0.05) is 31.3 Å². The molecule has 0 saturated heterocycles. The van der Waals surface area contributed by atoms with Gasteiger partial charge in [-0.3, -0.25) is 4.98 Å². The maximum absolute atomic E-state index is 5.27. The fourth-order valence-electron chi connectivity index (χ4n) is 10.2. The van der Waals surface area contributed by atoms with Gasteiger partial charge in [0.15, 0.2) is 0 Å². The minimum atomic E-state index is -0.652. The summed E-state index contributed by atoms with van der Waals surface area (Å²) in [6.45, 7) is 14.7. The van der Waals surface area contributed by atoms with Crippen molar-refractivity contribution in [1.29, 1.82) is 0 Å². The lowest BCUT2D eigenvalue weighted by molar-refractivity contribution is 0.495. The summed E-state index contributed by atoms with van der Waals surface area (Å²) in [5.74, 6) is 0. The summed E-state index contributed by atoms with van der Waals surface area (Å²) in [4.78, 5) is 9.82. The van der Waals surface area contributed by atoms with E-state index in [2.05, 4.69) is 216 Å². The number of hydrogen-bond donors (Lipinski definition) is 0. The van der Waals surface area contributed by atoms with Gasteiger partial charge in [-0.15, -0.1) is 0 Å². The third kappa shape index (κ3) is 5.22. The van der Waals surface area contributed by atoms with Crippen molar-refractivity contribution in [3.63, 3.8) is 0 Å². The van der Waals surface area contributed by atoms with Crippen molar-refractivity contribution in [2.45, 2.75) is 63.2 Å². The smallest absolute Gasteiger partial charge is 0.0938 e. The number of nitrogens with zero attached hydrogens (tertiary/aromatic N) is 3. The second kappa shape index (κ2) is 12.9. The zero-order valence-electron chi connectivity index (χ0n) is 34.7. The molecule has 286 valence electrons. The van der Waals surface area contributed by atoms with Gasteiger partial charge in [-0.1, -0.05) is 169 Å². The number of pyridine rings is 1. The first-order valence-corrected chi connectivity index (χ1v) is 20.7. The quantitative estimate of drug-likeness (QED) is 0.174. The molecule has 0 fully saturated rings. The molecule has 3 aliphatic rings. The Kier molecular flexibility index (Phi) is 8.05. The molecule has 0 N–H and O–H groups in total. The SMILES string of the molecule is CN1C=CN(c2cccc(C3(c4cccc(C5(c6ccccn6)c6ccc(C(C)(C)C)cc6-c6cc(C(C)(C)C)ccc65)c4)c4ccccc4-c4ccccc43)c2)C1. The molecule has 0 bridgehead atoms. The van der Waals surface area contributed by atoms with Crippen LogP contribution in [0.5, 0.6) is 0 Å². The van der Waals surface area contributed by atoms with Crippen molar-refractivity contribution < 1.29 is 0 Å². The van der Waals surface area contributed by atoms with Crippen LogP contribution in [0.1, 0.15) is 97.3 Å². The van der Waals surface area contributed by atoms with Crippen molar-refractivity contribution >= 4 is 5.69 Å². The zero-order valence-corrected chi connectivity index (χ0v) is 34.7. The Hall–Kier alpha value is -6.19. The number of hydrogen-bond acceptors (Lipinski definition) is 3. The Morgan fingerprint density at radius 3 is 1.52 bits per heavy atom. The second-order valence-electron chi connectivity index (χ2n) is 18.6. The van der Waals surface area contributed by atoms with Gasteiger partial charge < -0.3 is 9.80 Å². The molecule has 7 aromatic rings. The Labute approximate surface area is 344 Å². The summed E-state index contributed by atoms with van der Waals surface area (Å²) in [5, 5.41) is 0. The molecular weight excluding hydrogens is 703 g/mol. The first-order chi connectivity index (χ1) is 27.9. The Balaban J connectivity index is 1.30. The zero-order chi connectivity index (χ0) is 40.0. The van der Waals surface area contributed by atoms with Crippen molar-refractivity contribution in [3.05, 3.63) is 226 Å². The number of fused-ring (bicyclic) bond motifs is 6. The van der Waals surface area contributed by atoms with E-state index in [1.807, 2.05) is 12.3 Å². The highest BCUT2D eigenvalue weighted by Crippen LogP contribution is 2.60. The first-order valence-electron chi connectivity index (χ1n) is 20.7. The van der Waals surface area contributed by atoms with E-state index in [4.69, 9.17) is 4.98 Å². The Morgan fingerprint density at radius 1 is 0.466 bits per heavy atom. The predicted octanol–water partition coefficient (Wildman–Crippen LogP) is 12.6. The molecule has 1 aromatic heterocycles. The van der Waals surface area contributed by atoms with Gasteiger partial charge in [0.05, 0.1) is 23.2 Å². The van der Waals surface area contributed by atoms with Crippen LogP contribution in [0.3, 0.4) is 0 Å². The molecule has 1 aliphatic heterocycles. The highest BCUT2D eigenvalue weighted by molar-refractivity contribution is 5.89. The van der Waals surface area contributed by atoms with Crippen LogP contribution in [-0.4, -0.2) is 23.6 Å². The van der Waals surface area contributed by atoms with E-state index in [9.17, 15) is 0 Å². The fraction of sp³-hybridized carbons (Fsp3) is 0.218. The third-order valence-corrected chi connectivity index (χ3v) is 13.1. The largest absolute Gasteiger partial charge is 0.361 e. The topological polar surface area (TPSA) is 19.4 Å². The van der Waals surface area contributed by atoms with Crippen LogP contribution >= 0.6 is 0 Å². The molecule has 3 nitrogen and oxygen atoms in total. The van der Waals surface area contributed by atoms with Crippen molar-refractivity contribution in [1.82, 2.24) is 9.88 Å². The lowest BCUT2D eigenvalue weighted by atomic mass is 9.64. The third-order valence-electron chi connectivity index (χ3n) is 13.1. The molecule has 0 unspecified atom stereocenters. The maximum atomic E-state index is 5.27. The Bertz CT molecular complexity index is 2650. The summed E-state index contributed by atoms with van der Waals surface area (Å²) in [6, 6.07) is 57.8. The molecule has 0 spiro atoms. The lowest BCUT2D eigenvalue weighted by Gasteiger charge is -2.37. The van der Waals surface area contributed by atoms with Crippen LogP contribution in [0.25, 0.3) is 22.3 Å². The maximum Gasteiger partial charge on any atom is 0.0938 e. The van der Waals surface area contributed by atoms with Crippen molar-refractivity contribution in [3.8, 4) is 22.3 Å². The van der Waals surface area contributed by atoms with Gasteiger partial charge in [-0.05, 0) is 107 Å².